The largest absolute Gasteiger partial charge is 0.505 e. The molecule has 2 amide bonds. The van der Waals surface area contributed by atoms with Gasteiger partial charge in [0.1, 0.15) is 0 Å². The van der Waals surface area contributed by atoms with Crippen LogP contribution in [-0.2, 0) is 9.59 Å². The first kappa shape index (κ1) is 29.7. The van der Waals surface area contributed by atoms with Crippen molar-refractivity contribution < 1.29 is 34.2 Å². The van der Waals surface area contributed by atoms with Gasteiger partial charge >= 0.3 is 0 Å². The van der Waals surface area contributed by atoms with E-state index < -0.39 is 58.8 Å². The number of imide groups is 1. The lowest BCUT2D eigenvalue weighted by Crippen LogP contribution is -2.38. The molecule has 0 bridgehead atoms. The van der Waals surface area contributed by atoms with Gasteiger partial charge in [-0.3, -0.25) is 24.7 Å². The molecule has 4 atom stereocenters. The van der Waals surface area contributed by atoms with Crippen LogP contribution < -0.4 is 4.90 Å². The molecular formula is C32H30FN3O7. The number of fused-ring (bicyclic) bond motifs is 1. The fraction of sp³-hybridized carbons (Fsp3) is 0.281. The SMILES string of the molecule is CC1=C([C@H](O)CC/C(=C/c2ccc(O)c(F)c2)c2ccccn2)[C@H](CO)[C@@H]2C(=O)N(c3cccc([N+](=O)[O-])c3)C(=O)[C@@H]2C1. The molecule has 0 saturated carbocycles. The molecule has 11 heteroatoms. The minimum absolute atomic E-state index is 0.0887. The standard InChI is InChI=1S/C32H30FN3O7/c1-18-13-23-30(32(41)35(31(23)40)21-5-4-6-22(16-21)36(42)43)24(17-37)29(18)28(39)11-9-20(26-7-2-3-12-34-26)14-19-8-10-27(38)25(33)15-19/h2-8,10,12,14-16,23-24,28,30,37-39H,9,11,13,17H2,1H3/b20-14-/t23-,24+,28-,30-/m1/s1. The fourth-order valence-electron chi connectivity index (χ4n) is 6.21. The van der Waals surface area contributed by atoms with Gasteiger partial charge < -0.3 is 15.3 Å². The third kappa shape index (κ3) is 5.81. The molecule has 10 nitrogen and oxygen atoms in total. The fourth-order valence-corrected chi connectivity index (χ4v) is 6.21. The Hall–Kier alpha value is -4.74. The van der Waals surface area contributed by atoms with Crippen LogP contribution in [0.1, 0.15) is 37.4 Å². The molecule has 0 unspecified atom stereocenters. The number of phenols is 1. The van der Waals surface area contributed by atoms with Crippen LogP contribution in [0.25, 0.3) is 11.6 Å². The molecule has 5 rings (SSSR count). The van der Waals surface area contributed by atoms with Gasteiger partial charge in [0.15, 0.2) is 11.6 Å². The summed E-state index contributed by atoms with van der Waals surface area (Å²) in [6.45, 7) is 1.28. The molecule has 0 radical (unpaired) electrons. The van der Waals surface area contributed by atoms with Crippen molar-refractivity contribution in [2.45, 2.75) is 32.3 Å². The summed E-state index contributed by atoms with van der Waals surface area (Å²) >= 11 is 0. The predicted octanol–water partition coefficient (Wildman–Crippen LogP) is 4.65. The lowest BCUT2D eigenvalue weighted by atomic mass is 9.68. The zero-order valence-corrected chi connectivity index (χ0v) is 23.3. The maximum atomic E-state index is 14.0. The highest BCUT2D eigenvalue weighted by molar-refractivity contribution is 6.22. The second kappa shape index (κ2) is 12.2. The summed E-state index contributed by atoms with van der Waals surface area (Å²) in [7, 11) is 0. The molecule has 2 heterocycles. The number of aromatic hydroxyl groups is 1. The second-order valence-corrected chi connectivity index (χ2v) is 10.8. The maximum absolute atomic E-state index is 14.0. The van der Waals surface area contributed by atoms with Crippen LogP contribution in [0.2, 0.25) is 0 Å². The Kier molecular flexibility index (Phi) is 8.47. The van der Waals surface area contributed by atoms with E-state index >= 15 is 0 Å². The van der Waals surface area contributed by atoms with E-state index in [9.17, 15) is 39.4 Å². The molecular weight excluding hydrogens is 557 g/mol. The van der Waals surface area contributed by atoms with E-state index in [1.54, 1.807) is 43.5 Å². The molecule has 1 aliphatic carbocycles. The zero-order valence-electron chi connectivity index (χ0n) is 23.3. The van der Waals surface area contributed by atoms with Gasteiger partial charge in [0, 0.05) is 24.2 Å². The number of carbonyl (C=O) groups is 2. The van der Waals surface area contributed by atoms with Gasteiger partial charge in [0.25, 0.3) is 5.69 Å². The van der Waals surface area contributed by atoms with Gasteiger partial charge in [-0.25, -0.2) is 9.29 Å². The predicted molar refractivity (Wildman–Crippen MR) is 156 cm³/mol. The molecule has 1 aromatic heterocycles. The highest BCUT2D eigenvalue weighted by Crippen LogP contribution is 2.47. The summed E-state index contributed by atoms with van der Waals surface area (Å²) in [5.74, 6) is -4.85. The summed E-state index contributed by atoms with van der Waals surface area (Å²) in [5, 5.41) is 42.8. The van der Waals surface area contributed by atoms with Gasteiger partial charge in [-0.05, 0) is 79.3 Å². The van der Waals surface area contributed by atoms with Crippen molar-refractivity contribution in [3.63, 3.8) is 0 Å². The number of aliphatic hydroxyl groups is 2. The molecule has 0 spiro atoms. The summed E-state index contributed by atoms with van der Waals surface area (Å²) in [6, 6.07) is 14.6. The number of hydrogen-bond donors (Lipinski definition) is 3. The van der Waals surface area contributed by atoms with Crippen molar-refractivity contribution in [2.24, 2.45) is 17.8 Å². The van der Waals surface area contributed by atoms with Gasteiger partial charge in [-0.1, -0.05) is 23.8 Å². The van der Waals surface area contributed by atoms with E-state index in [1.807, 2.05) is 0 Å². The minimum atomic E-state index is -1.07. The topological polar surface area (TPSA) is 154 Å². The molecule has 1 fully saturated rings. The number of aromatic nitrogens is 1. The minimum Gasteiger partial charge on any atom is -0.505 e. The quantitative estimate of drug-likeness (QED) is 0.141. The highest BCUT2D eigenvalue weighted by Gasteiger charge is 2.55. The summed E-state index contributed by atoms with van der Waals surface area (Å²) in [6.07, 6.45) is 2.94. The van der Waals surface area contributed by atoms with Gasteiger partial charge in [-0.15, -0.1) is 0 Å². The van der Waals surface area contributed by atoms with Crippen molar-refractivity contribution >= 4 is 34.8 Å². The van der Waals surface area contributed by atoms with E-state index in [2.05, 4.69) is 4.98 Å². The smallest absolute Gasteiger partial charge is 0.271 e. The number of hydrogen-bond acceptors (Lipinski definition) is 8. The van der Waals surface area contributed by atoms with Gasteiger partial charge in [0.2, 0.25) is 11.8 Å². The molecule has 1 saturated heterocycles. The van der Waals surface area contributed by atoms with Crippen molar-refractivity contribution in [1.82, 2.24) is 4.98 Å². The van der Waals surface area contributed by atoms with Crippen molar-refractivity contribution in [3.8, 4) is 5.75 Å². The molecule has 2 aliphatic rings. The number of carbonyl (C=O) groups excluding carboxylic acids is 2. The number of halogens is 1. The van der Waals surface area contributed by atoms with E-state index in [0.717, 1.165) is 4.90 Å². The van der Waals surface area contributed by atoms with E-state index in [-0.39, 0.29) is 24.2 Å². The molecule has 3 N–H and O–H groups in total. The number of nitro groups is 1. The Morgan fingerprint density at radius 1 is 1.16 bits per heavy atom. The number of non-ortho nitro benzene ring substituents is 1. The third-order valence-corrected chi connectivity index (χ3v) is 8.18. The lowest BCUT2D eigenvalue weighted by Gasteiger charge is -2.35. The van der Waals surface area contributed by atoms with E-state index in [0.29, 0.717) is 34.4 Å². The normalized spacial score (nSPS) is 21.3. The van der Waals surface area contributed by atoms with Gasteiger partial charge in [0.05, 0.1) is 40.9 Å². The number of rotatable bonds is 9. The Balaban J connectivity index is 1.41. The Morgan fingerprint density at radius 3 is 2.63 bits per heavy atom. The summed E-state index contributed by atoms with van der Waals surface area (Å²) in [4.78, 5) is 43.1. The first-order valence-electron chi connectivity index (χ1n) is 13.8. The third-order valence-electron chi connectivity index (χ3n) is 8.18. The van der Waals surface area contributed by atoms with Crippen LogP contribution in [0.15, 0.2) is 78.0 Å². The van der Waals surface area contributed by atoms with Crippen molar-refractivity contribution in [2.75, 3.05) is 11.5 Å². The van der Waals surface area contributed by atoms with Crippen LogP contribution in [-0.4, -0.2) is 49.8 Å². The number of pyridine rings is 1. The number of allylic oxidation sites excluding steroid dienone is 2. The Morgan fingerprint density at radius 2 is 1.95 bits per heavy atom. The molecule has 222 valence electrons. The number of anilines is 1. The van der Waals surface area contributed by atoms with Crippen LogP contribution in [0.5, 0.6) is 5.75 Å². The zero-order chi connectivity index (χ0) is 30.8. The second-order valence-electron chi connectivity index (χ2n) is 10.8. The number of benzene rings is 2. The average molecular weight is 588 g/mol. The van der Waals surface area contributed by atoms with Crippen molar-refractivity contribution in [1.29, 1.82) is 0 Å². The van der Waals surface area contributed by atoms with E-state index in [4.69, 9.17) is 0 Å². The van der Waals surface area contributed by atoms with Crippen molar-refractivity contribution in [3.05, 3.63) is 105 Å². The number of amides is 2. The first-order chi connectivity index (χ1) is 20.6. The number of aliphatic hydroxyl groups excluding tert-OH is 2. The Labute approximate surface area is 246 Å². The van der Waals surface area contributed by atoms with Crippen LogP contribution >= 0.6 is 0 Å². The maximum Gasteiger partial charge on any atom is 0.271 e. The van der Waals surface area contributed by atoms with Crippen LogP contribution in [0, 0.1) is 33.7 Å². The highest BCUT2D eigenvalue weighted by atomic mass is 19.1. The Bertz CT molecular complexity index is 1640. The van der Waals surface area contributed by atoms with Crippen LogP contribution in [0.4, 0.5) is 15.8 Å². The first-order valence-corrected chi connectivity index (χ1v) is 13.8. The number of nitro benzene ring substituents is 1. The molecule has 3 aromatic rings. The average Bonchev–Trinajstić information content (AvgIpc) is 3.25. The van der Waals surface area contributed by atoms with E-state index in [1.165, 1.54) is 36.4 Å². The molecule has 43 heavy (non-hydrogen) atoms. The molecule has 1 aliphatic heterocycles. The van der Waals surface area contributed by atoms with Gasteiger partial charge in [-0.2, -0.15) is 0 Å². The van der Waals surface area contributed by atoms with Crippen LogP contribution in [0.3, 0.4) is 0 Å². The monoisotopic (exact) mass is 587 g/mol. The number of nitrogens with zero attached hydrogens (tertiary/aromatic N) is 3. The lowest BCUT2D eigenvalue weighted by molar-refractivity contribution is -0.384. The molecule has 2 aromatic carbocycles. The summed E-state index contributed by atoms with van der Waals surface area (Å²) < 4.78 is 14.0. The summed E-state index contributed by atoms with van der Waals surface area (Å²) in [5.41, 5.74) is 2.81. The number of phenolic OH excluding ortho intramolecular Hbond substituents is 1.